The smallest absolute Gasteiger partial charge is 0.309 e. The highest BCUT2D eigenvalue weighted by atomic mass is 32.2. The molecule has 5 heteroatoms. The largest absolute Gasteiger partial charge is 0.461 e. The van der Waals surface area contributed by atoms with Crippen LogP contribution in [0.5, 0.6) is 0 Å². The van der Waals surface area contributed by atoms with E-state index in [1.54, 1.807) is 6.20 Å². The van der Waals surface area contributed by atoms with Gasteiger partial charge in [-0.05, 0) is 5.56 Å². The Labute approximate surface area is 116 Å². The van der Waals surface area contributed by atoms with Gasteiger partial charge in [-0.1, -0.05) is 49.0 Å². The molecule has 4 nitrogen and oxygen atoms in total. The van der Waals surface area contributed by atoms with E-state index in [9.17, 15) is 4.79 Å². The first-order valence-electron chi connectivity index (χ1n) is 5.98. The van der Waals surface area contributed by atoms with E-state index in [0.29, 0.717) is 17.6 Å². The molecule has 0 aliphatic rings. The number of hydrogen-bond donors (Lipinski definition) is 0. The number of oxazole rings is 1. The van der Waals surface area contributed by atoms with Crippen LogP contribution < -0.4 is 0 Å². The predicted octanol–water partition coefficient (Wildman–Crippen LogP) is 3.15. The van der Waals surface area contributed by atoms with Crippen molar-refractivity contribution in [2.24, 2.45) is 5.92 Å². The lowest BCUT2D eigenvalue weighted by Gasteiger charge is -2.10. The molecule has 1 heterocycles. The van der Waals surface area contributed by atoms with Gasteiger partial charge in [-0.2, -0.15) is 0 Å². The first kappa shape index (κ1) is 13.7. The van der Waals surface area contributed by atoms with Crippen LogP contribution in [0.15, 0.2) is 52.4 Å². The maximum Gasteiger partial charge on any atom is 0.309 e. The average Bonchev–Trinajstić information content (AvgIpc) is 2.96. The van der Waals surface area contributed by atoms with Crippen molar-refractivity contribution in [3.05, 3.63) is 48.4 Å². The van der Waals surface area contributed by atoms with Gasteiger partial charge < -0.3 is 9.15 Å². The molecule has 0 aliphatic carbocycles. The topological polar surface area (TPSA) is 52.3 Å². The molecule has 2 rings (SSSR count). The second-order valence-electron chi connectivity index (χ2n) is 4.10. The quantitative estimate of drug-likeness (QED) is 0.599. The van der Waals surface area contributed by atoms with Crippen molar-refractivity contribution in [1.29, 1.82) is 0 Å². The first-order valence-corrected chi connectivity index (χ1v) is 6.97. The van der Waals surface area contributed by atoms with Crippen molar-refractivity contribution in [1.82, 2.24) is 4.98 Å². The van der Waals surface area contributed by atoms with Crippen LogP contribution in [0.4, 0.5) is 0 Å². The van der Waals surface area contributed by atoms with Crippen molar-refractivity contribution in [2.75, 3.05) is 5.75 Å². The highest BCUT2D eigenvalue weighted by Gasteiger charge is 2.16. The van der Waals surface area contributed by atoms with E-state index in [4.69, 9.17) is 9.15 Å². The summed E-state index contributed by atoms with van der Waals surface area (Å²) in [5.41, 5.74) is 0.989. The van der Waals surface area contributed by atoms with Gasteiger partial charge in [0, 0.05) is 5.75 Å². The SMILES string of the molecule is CC(CSc1ncco1)C(=O)OCc1ccccc1. The summed E-state index contributed by atoms with van der Waals surface area (Å²) in [6.07, 6.45) is 3.10. The van der Waals surface area contributed by atoms with E-state index in [1.165, 1.54) is 18.0 Å². The number of benzene rings is 1. The van der Waals surface area contributed by atoms with E-state index < -0.39 is 0 Å². The summed E-state index contributed by atoms with van der Waals surface area (Å²) in [7, 11) is 0. The van der Waals surface area contributed by atoms with Gasteiger partial charge in [0.25, 0.3) is 5.22 Å². The number of hydrogen-bond acceptors (Lipinski definition) is 5. The fourth-order valence-electron chi connectivity index (χ4n) is 1.42. The maximum atomic E-state index is 11.8. The van der Waals surface area contributed by atoms with Crippen LogP contribution in [-0.4, -0.2) is 16.7 Å². The van der Waals surface area contributed by atoms with Crippen LogP contribution in [-0.2, 0) is 16.1 Å². The number of nitrogens with zero attached hydrogens (tertiary/aromatic N) is 1. The van der Waals surface area contributed by atoms with E-state index in [2.05, 4.69) is 4.98 Å². The Balaban J connectivity index is 1.73. The van der Waals surface area contributed by atoms with Crippen molar-refractivity contribution in [3.63, 3.8) is 0 Å². The third-order valence-electron chi connectivity index (χ3n) is 2.49. The molecule has 100 valence electrons. The Bertz CT molecular complexity index is 499. The summed E-state index contributed by atoms with van der Waals surface area (Å²) in [6, 6.07) is 9.63. The maximum absolute atomic E-state index is 11.8. The Morgan fingerprint density at radius 2 is 2.21 bits per heavy atom. The fraction of sp³-hybridized carbons (Fsp3) is 0.286. The monoisotopic (exact) mass is 277 g/mol. The van der Waals surface area contributed by atoms with Crippen LogP contribution in [0, 0.1) is 5.92 Å². The van der Waals surface area contributed by atoms with Gasteiger partial charge in [0.05, 0.1) is 12.1 Å². The third-order valence-corrected chi connectivity index (χ3v) is 3.61. The molecule has 0 saturated carbocycles. The summed E-state index contributed by atoms with van der Waals surface area (Å²) in [4.78, 5) is 15.8. The Morgan fingerprint density at radius 3 is 2.89 bits per heavy atom. The number of esters is 1. The molecule has 0 radical (unpaired) electrons. The van der Waals surface area contributed by atoms with Crippen LogP contribution >= 0.6 is 11.8 Å². The number of rotatable bonds is 6. The molecular formula is C14H15NO3S. The third kappa shape index (κ3) is 4.44. The average molecular weight is 277 g/mol. The van der Waals surface area contributed by atoms with Crippen molar-refractivity contribution >= 4 is 17.7 Å². The number of carbonyl (C=O) groups is 1. The molecule has 0 N–H and O–H groups in total. The zero-order chi connectivity index (χ0) is 13.5. The summed E-state index contributed by atoms with van der Waals surface area (Å²) in [5.74, 6) is 0.192. The minimum atomic E-state index is -0.206. The zero-order valence-electron chi connectivity index (χ0n) is 10.6. The van der Waals surface area contributed by atoms with Crippen molar-refractivity contribution < 1.29 is 13.9 Å². The van der Waals surface area contributed by atoms with Crippen LogP contribution in [0.3, 0.4) is 0 Å². The minimum Gasteiger partial charge on any atom is -0.461 e. The van der Waals surface area contributed by atoms with E-state index >= 15 is 0 Å². The van der Waals surface area contributed by atoms with Gasteiger partial charge >= 0.3 is 5.97 Å². The van der Waals surface area contributed by atoms with Crippen molar-refractivity contribution in [2.45, 2.75) is 18.8 Å². The summed E-state index contributed by atoms with van der Waals surface area (Å²) in [6.45, 7) is 2.15. The van der Waals surface area contributed by atoms with Crippen LogP contribution in [0.1, 0.15) is 12.5 Å². The van der Waals surface area contributed by atoms with Gasteiger partial charge in [0.15, 0.2) is 0 Å². The Morgan fingerprint density at radius 1 is 1.42 bits per heavy atom. The normalized spacial score (nSPS) is 12.1. The van der Waals surface area contributed by atoms with E-state index in [1.807, 2.05) is 37.3 Å². The highest BCUT2D eigenvalue weighted by Crippen LogP contribution is 2.19. The number of thioether (sulfide) groups is 1. The zero-order valence-corrected chi connectivity index (χ0v) is 11.4. The summed E-state index contributed by atoms with van der Waals surface area (Å²) < 4.78 is 10.3. The predicted molar refractivity (Wildman–Crippen MR) is 72.6 cm³/mol. The lowest BCUT2D eigenvalue weighted by atomic mass is 10.2. The molecule has 1 aromatic carbocycles. The van der Waals surface area contributed by atoms with E-state index in [0.717, 1.165) is 5.56 Å². The van der Waals surface area contributed by atoms with Crippen molar-refractivity contribution in [3.8, 4) is 0 Å². The molecule has 1 aromatic heterocycles. The molecule has 2 aromatic rings. The number of ether oxygens (including phenoxy) is 1. The fourth-order valence-corrected chi connectivity index (χ4v) is 2.20. The molecule has 0 aliphatic heterocycles. The Kier molecular flexibility index (Phi) is 5.03. The highest BCUT2D eigenvalue weighted by molar-refractivity contribution is 7.99. The molecule has 1 unspecified atom stereocenters. The van der Waals surface area contributed by atoms with E-state index in [-0.39, 0.29) is 11.9 Å². The minimum absolute atomic E-state index is 0.194. The summed E-state index contributed by atoms with van der Waals surface area (Å²) >= 11 is 1.41. The molecule has 0 saturated heterocycles. The molecular weight excluding hydrogens is 262 g/mol. The molecule has 0 amide bonds. The van der Waals surface area contributed by atoms with Gasteiger partial charge in [-0.15, -0.1) is 0 Å². The molecule has 19 heavy (non-hydrogen) atoms. The number of aromatic nitrogens is 1. The van der Waals surface area contributed by atoms with Crippen LogP contribution in [0.25, 0.3) is 0 Å². The lowest BCUT2D eigenvalue weighted by molar-refractivity contribution is -0.148. The van der Waals surface area contributed by atoms with Gasteiger partial charge in [-0.25, -0.2) is 4.98 Å². The second kappa shape index (κ2) is 6.99. The van der Waals surface area contributed by atoms with Crippen LogP contribution in [0.2, 0.25) is 0 Å². The molecule has 0 fully saturated rings. The van der Waals surface area contributed by atoms with Gasteiger partial charge in [0.1, 0.15) is 12.9 Å². The standard InChI is InChI=1S/C14H15NO3S/c1-11(10-19-14-15-7-8-17-14)13(16)18-9-12-5-3-2-4-6-12/h2-8,11H,9-10H2,1H3. The molecule has 1 atom stereocenters. The lowest BCUT2D eigenvalue weighted by Crippen LogP contribution is -2.16. The van der Waals surface area contributed by atoms with Gasteiger partial charge in [-0.3, -0.25) is 4.79 Å². The Hall–Kier alpha value is -1.75. The second-order valence-corrected chi connectivity index (χ2v) is 5.07. The first-order chi connectivity index (χ1) is 9.25. The molecule has 0 spiro atoms. The molecule has 0 bridgehead atoms. The summed E-state index contributed by atoms with van der Waals surface area (Å²) in [5, 5.41) is 0.572. The number of carbonyl (C=O) groups excluding carboxylic acids is 1. The van der Waals surface area contributed by atoms with Gasteiger partial charge in [0.2, 0.25) is 0 Å².